The first-order chi connectivity index (χ1) is 13.6. The SMILES string of the molecule is CC(O)c1nn(-c2ncc(-c3cc(C4CC4)ccc3F)cn2)c2ccccc12. The lowest BCUT2D eigenvalue weighted by Gasteiger charge is -2.07. The molecule has 6 heteroatoms. The van der Waals surface area contributed by atoms with E-state index in [0.717, 1.165) is 10.9 Å². The van der Waals surface area contributed by atoms with Gasteiger partial charge in [-0.3, -0.25) is 0 Å². The fourth-order valence-corrected chi connectivity index (χ4v) is 3.56. The summed E-state index contributed by atoms with van der Waals surface area (Å²) in [6.45, 7) is 1.68. The standard InChI is InChI=1S/C22H19FN4O/c1-13(28)21-17-4-2-3-5-20(17)27(26-21)22-24-11-16(12-25-22)18-10-15(14-6-7-14)8-9-19(18)23/h2-5,8-14,28H,6-7H2,1H3. The Morgan fingerprint density at radius 1 is 1.11 bits per heavy atom. The molecule has 1 fully saturated rings. The average molecular weight is 374 g/mol. The zero-order chi connectivity index (χ0) is 19.3. The van der Waals surface area contributed by atoms with Gasteiger partial charge in [0.15, 0.2) is 0 Å². The number of aliphatic hydroxyl groups is 1. The van der Waals surface area contributed by atoms with Crippen molar-refractivity contribution in [2.24, 2.45) is 0 Å². The first-order valence-corrected chi connectivity index (χ1v) is 9.40. The van der Waals surface area contributed by atoms with Crippen LogP contribution in [0.5, 0.6) is 0 Å². The molecule has 0 bridgehead atoms. The molecule has 1 aliphatic rings. The summed E-state index contributed by atoms with van der Waals surface area (Å²) in [6, 6.07) is 12.9. The molecule has 4 aromatic rings. The van der Waals surface area contributed by atoms with Crippen molar-refractivity contribution in [2.45, 2.75) is 31.8 Å². The molecule has 1 unspecified atom stereocenters. The molecule has 2 aromatic heterocycles. The Labute approximate surface area is 161 Å². The van der Waals surface area contributed by atoms with Crippen molar-refractivity contribution in [3.63, 3.8) is 0 Å². The molecule has 0 amide bonds. The van der Waals surface area contributed by atoms with Crippen LogP contribution in [-0.2, 0) is 0 Å². The molecular formula is C22H19FN4O. The maximum atomic E-state index is 14.4. The van der Waals surface area contributed by atoms with Crippen LogP contribution in [-0.4, -0.2) is 24.9 Å². The molecule has 1 aliphatic carbocycles. The summed E-state index contributed by atoms with van der Waals surface area (Å²) in [5, 5.41) is 15.4. The van der Waals surface area contributed by atoms with E-state index in [-0.39, 0.29) is 5.82 Å². The zero-order valence-electron chi connectivity index (χ0n) is 15.4. The second-order valence-electron chi connectivity index (χ2n) is 7.28. The largest absolute Gasteiger partial charge is 0.387 e. The molecule has 0 radical (unpaired) electrons. The van der Waals surface area contributed by atoms with E-state index in [1.165, 1.54) is 24.5 Å². The normalized spacial score (nSPS) is 15.1. The molecule has 0 aliphatic heterocycles. The first-order valence-electron chi connectivity index (χ1n) is 9.40. The van der Waals surface area contributed by atoms with Crippen LogP contribution in [0.4, 0.5) is 4.39 Å². The van der Waals surface area contributed by atoms with Gasteiger partial charge < -0.3 is 5.11 Å². The van der Waals surface area contributed by atoms with Gasteiger partial charge in [0.1, 0.15) is 5.82 Å². The van der Waals surface area contributed by atoms with Gasteiger partial charge in [0, 0.05) is 28.9 Å². The smallest absolute Gasteiger partial charge is 0.251 e. The summed E-state index contributed by atoms with van der Waals surface area (Å²) in [5.41, 5.74) is 3.71. The van der Waals surface area contributed by atoms with Crippen molar-refractivity contribution in [3.05, 3.63) is 71.9 Å². The quantitative estimate of drug-likeness (QED) is 0.569. The molecule has 2 aromatic carbocycles. The van der Waals surface area contributed by atoms with Gasteiger partial charge in [0.05, 0.1) is 17.3 Å². The second kappa shape index (κ2) is 6.49. The molecule has 5 nitrogen and oxygen atoms in total. The van der Waals surface area contributed by atoms with Crippen molar-refractivity contribution < 1.29 is 9.50 Å². The summed E-state index contributed by atoms with van der Waals surface area (Å²) in [5.74, 6) is 0.654. The van der Waals surface area contributed by atoms with Gasteiger partial charge in [0.25, 0.3) is 5.95 Å². The third-order valence-electron chi connectivity index (χ3n) is 5.19. The van der Waals surface area contributed by atoms with E-state index in [0.29, 0.717) is 28.7 Å². The Balaban J connectivity index is 1.56. The van der Waals surface area contributed by atoms with Crippen molar-refractivity contribution >= 4 is 10.9 Å². The molecule has 0 saturated heterocycles. The molecule has 0 spiro atoms. The number of aliphatic hydroxyl groups excluding tert-OH is 1. The van der Waals surface area contributed by atoms with Crippen molar-refractivity contribution in [3.8, 4) is 17.1 Å². The maximum Gasteiger partial charge on any atom is 0.251 e. The minimum Gasteiger partial charge on any atom is -0.387 e. The molecule has 1 saturated carbocycles. The summed E-state index contributed by atoms with van der Waals surface area (Å²) in [4.78, 5) is 8.84. The predicted molar refractivity (Wildman–Crippen MR) is 105 cm³/mol. The van der Waals surface area contributed by atoms with Crippen molar-refractivity contribution in [1.82, 2.24) is 19.7 Å². The first kappa shape index (κ1) is 17.0. The Morgan fingerprint density at radius 3 is 2.57 bits per heavy atom. The summed E-state index contributed by atoms with van der Waals surface area (Å²) < 4.78 is 16.0. The summed E-state index contributed by atoms with van der Waals surface area (Å²) in [6.07, 6.45) is 4.87. The number of halogens is 1. The number of hydrogen-bond acceptors (Lipinski definition) is 4. The van der Waals surface area contributed by atoms with Crippen LogP contribution in [0.1, 0.15) is 43.0 Å². The number of benzene rings is 2. The van der Waals surface area contributed by atoms with Crippen LogP contribution >= 0.6 is 0 Å². The van der Waals surface area contributed by atoms with Gasteiger partial charge in [-0.2, -0.15) is 9.78 Å². The van der Waals surface area contributed by atoms with E-state index in [1.54, 1.807) is 24.0 Å². The highest BCUT2D eigenvalue weighted by molar-refractivity contribution is 5.83. The molecule has 28 heavy (non-hydrogen) atoms. The van der Waals surface area contributed by atoms with Gasteiger partial charge >= 0.3 is 0 Å². The van der Waals surface area contributed by atoms with Crippen molar-refractivity contribution in [2.75, 3.05) is 0 Å². The lowest BCUT2D eigenvalue weighted by molar-refractivity contribution is 0.195. The fourth-order valence-electron chi connectivity index (χ4n) is 3.56. The van der Waals surface area contributed by atoms with Gasteiger partial charge in [0.2, 0.25) is 0 Å². The van der Waals surface area contributed by atoms with Crippen LogP contribution < -0.4 is 0 Å². The van der Waals surface area contributed by atoms with Crippen LogP contribution in [0.25, 0.3) is 28.0 Å². The number of rotatable bonds is 4. The highest BCUT2D eigenvalue weighted by Gasteiger charge is 2.24. The molecular weight excluding hydrogens is 355 g/mol. The number of para-hydroxylation sites is 1. The number of nitrogens with zero attached hydrogens (tertiary/aromatic N) is 4. The third-order valence-corrected chi connectivity index (χ3v) is 5.19. The minimum atomic E-state index is -0.704. The Hall–Kier alpha value is -3.12. The monoisotopic (exact) mass is 374 g/mol. The Bertz CT molecular complexity index is 1160. The van der Waals surface area contributed by atoms with E-state index in [9.17, 15) is 9.50 Å². The van der Waals surface area contributed by atoms with Crippen LogP contribution in [0.3, 0.4) is 0 Å². The molecule has 2 heterocycles. The van der Waals surface area contributed by atoms with E-state index in [1.807, 2.05) is 36.4 Å². The lowest BCUT2D eigenvalue weighted by Crippen LogP contribution is -2.04. The molecule has 140 valence electrons. The van der Waals surface area contributed by atoms with Crippen molar-refractivity contribution in [1.29, 1.82) is 0 Å². The van der Waals surface area contributed by atoms with Crippen LogP contribution in [0.2, 0.25) is 0 Å². The Morgan fingerprint density at radius 2 is 1.86 bits per heavy atom. The number of fused-ring (bicyclic) bond motifs is 1. The topological polar surface area (TPSA) is 63.8 Å². The van der Waals surface area contributed by atoms with Crippen LogP contribution in [0.15, 0.2) is 54.9 Å². The molecule has 5 rings (SSSR count). The Kier molecular flexibility index (Phi) is 3.94. The van der Waals surface area contributed by atoms with E-state index >= 15 is 0 Å². The van der Waals surface area contributed by atoms with Gasteiger partial charge in [-0.1, -0.05) is 24.3 Å². The highest BCUT2D eigenvalue weighted by Crippen LogP contribution is 2.41. The molecule has 1 N–H and O–H groups in total. The zero-order valence-corrected chi connectivity index (χ0v) is 15.4. The minimum absolute atomic E-state index is 0.276. The van der Waals surface area contributed by atoms with E-state index < -0.39 is 6.10 Å². The van der Waals surface area contributed by atoms with Gasteiger partial charge in [-0.15, -0.1) is 0 Å². The maximum absolute atomic E-state index is 14.4. The number of hydrogen-bond donors (Lipinski definition) is 1. The summed E-state index contributed by atoms with van der Waals surface area (Å²) in [7, 11) is 0. The third kappa shape index (κ3) is 2.86. The predicted octanol–water partition coefficient (Wildman–Crippen LogP) is 4.55. The van der Waals surface area contributed by atoms with Crippen LogP contribution in [0, 0.1) is 5.82 Å². The van der Waals surface area contributed by atoms with E-state index in [4.69, 9.17) is 0 Å². The van der Waals surface area contributed by atoms with E-state index in [2.05, 4.69) is 15.1 Å². The average Bonchev–Trinajstić information content (AvgIpc) is 3.48. The van der Waals surface area contributed by atoms with Gasteiger partial charge in [-0.25, -0.2) is 14.4 Å². The molecule has 1 atom stereocenters. The second-order valence-corrected chi connectivity index (χ2v) is 7.28. The van der Waals surface area contributed by atoms with Gasteiger partial charge in [-0.05, 0) is 49.4 Å². The lowest BCUT2D eigenvalue weighted by atomic mass is 10.0. The number of aromatic nitrogens is 4. The fraction of sp³-hybridized carbons (Fsp3) is 0.227. The summed E-state index contributed by atoms with van der Waals surface area (Å²) >= 11 is 0. The highest BCUT2D eigenvalue weighted by atomic mass is 19.1.